The van der Waals surface area contributed by atoms with E-state index in [0.29, 0.717) is 45.1 Å². The van der Waals surface area contributed by atoms with E-state index in [9.17, 15) is 19.2 Å². The molecule has 0 spiro atoms. The van der Waals surface area contributed by atoms with Crippen LogP contribution in [-0.2, 0) is 35.2 Å². The summed E-state index contributed by atoms with van der Waals surface area (Å²) < 4.78 is 15.8. The van der Waals surface area contributed by atoms with E-state index in [1.54, 1.807) is 12.2 Å². The zero-order valence-corrected chi connectivity index (χ0v) is 24.5. The van der Waals surface area contributed by atoms with Crippen LogP contribution in [0, 0.1) is 5.92 Å². The van der Waals surface area contributed by atoms with E-state index in [4.69, 9.17) is 19.3 Å². The number of carbonyl (C=O) groups excluding carboxylic acids is 4. The molecule has 234 valence electrons. The monoisotopic (exact) mass is 589 g/mol. The maximum atomic E-state index is 13.1. The summed E-state index contributed by atoms with van der Waals surface area (Å²) in [6.07, 6.45) is 6.41. The van der Waals surface area contributed by atoms with Crippen molar-refractivity contribution >= 4 is 23.9 Å². The number of alkyl carbamates (subject to hydrolysis) is 1. The molecule has 0 heterocycles. The van der Waals surface area contributed by atoms with Crippen molar-refractivity contribution in [3.8, 4) is 0 Å². The van der Waals surface area contributed by atoms with Gasteiger partial charge in [-0.1, -0.05) is 42.5 Å². The number of hydrogen-bond donors (Lipinski definition) is 4. The first-order chi connectivity index (χ1) is 20.4. The molecule has 0 aliphatic carbocycles. The average Bonchev–Trinajstić information content (AvgIpc) is 2.98. The fourth-order valence-corrected chi connectivity index (χ4v) is 3.86. The molecule has 0 aromatic heterocycles. The van der Waals surface area contributed by atoms with Gasteiger partial charge in [-0.2, -0.15) is 0 Å². The van der Waals surface area contributed by atoms with Gasteiger partial charge in [0.05, 0.1) is 31.8 Å². The summed E-state index contributed by atoms with van der Waals surface area (Å²) in [5.41, 5.74) is 0.893. The maximum absolute atomic E-state index is 13.1. The Kier molecular flexibility index (Phi) is 20.7. The molecule has 0 saturated heterocycles. The Morgan fingerprint density at radius 3 is 2.43 bits per heavy atom. The first-order valence-electron chi connectivity index (χ1n) is 14.5. The fourth-order valence-electron chi connectivity index (χ4n) is 3.86. The van der Waals surface area contributed by atoms with Crippen molar-refractivity contribution in [2.24, 2.45) is 5.92 Å². The van der Waals surface area contributed by atoms with E-state index in [0.717, 1.165) is 5.56 Å². The van der Waals surface area contributed by atoms with Crippen LogP contribution in [0.15, 0.2) is 55.6 Å². The number of rotatable bonds is 24. The molecule has 4 N–H and O–H groups in total. The topological polar surface area (TPSA) is 152 Å². The van der Waals surface area contributed by atoms with Gasteiger partial charge in [0.2, 0.25) is 11.8 Å². The molecule has 0 fully saturated rings. The van der Waals surface area contributed by atoms with Crippen molar-refractivity contribution < 1.29 is 38.5 Å². The van der Waals surface area contributed by atoms with Crippen LogP contribution in [0.5, 0.6) is 0 Å². The highest BCUT2D eigenvalue weighted by atomic mass is 16.5. The smallest absolute Gasteiger partial charge is 0.407 e. The molecule has 1 rings (SSSR count). The Labute approximate surface area is 249 Å². The van der Waals surface area contributed by atoms with Crippen molar-refractivity contribution in [1.29, 1.82) is 0 Å². The zero-order valence-electron chi connectivity index (χ0n) is 24.5. The van der Waals surface area contributed by atoms with Crippen LogP contribution in [0.1, 0.15) is 56.9 Å². The van der Waals surface area contributed by atoms with Crippen LogP contribution >= 0.6 is 0 Å². The molecule has 1 aromatic carbocycles. The molecule has 0 saturated carbocycles. The lowest BCUT2D eigenvalue weighted by molar-refractivity contribution is -0.145. The second-order valence-corrected chi connectivity index (χ2v) is 9.67. The number of allylic oxidation sites excluding steroid dienone is 2. The minimum atomic E-state index is -0.646. The first kappa shape index (κ1) is 36.3. The minimum absolute atomic E-state index is 0.000407. The molecule has 0 bridgehead atoms. The number of ether oxygens (including phenoxy) is 3. The third-order valence-corrected chi connectivity index (χ3v) is 6.10. The average molecular weight is 590 g/mol. The molecule has 3 amide bonds. The lowest BCUT2D eigenvalue weighted by atomic mass is 9.98. The molecular formula is C31H47N3O8. The van der Waals surface area contributed by atoms with E-state index < -0.39 is 18.1 Å². The van der Waals surface area contributed by atoms with Crippen LogP contribution in [0.3, 0.4) is 0 Å². The zero-order chi connectivity index (χ0) is 30.8. The molecule has 0 unspecified atom stereocenters. The van der Waals surface area contributed by atoms with Crippen molar-refractivity contribution in [1.82, 2.24) is 16.0 Å². The number of aliphatic hydroxyl groups excluding tert-OH is 1. The lowest BCUT2D eigenvalue weighted by Crippen LogP contribution is -2.43. The molecule has 0 aliphatic rings. The van der Waals surface area contributed by atoms with Gasteiger partial charge in [-0.15, -0.1) is 13.2 Å². The summed E-state index contributed by atoms with van der Waals surface area (Å²) in [5.74, 6) is -1.64. The molecular weight excluding hydrogens is 542 g/mol. The summed E-state index contributed by atoms with van der Waals surface area (Å²) in [5, 5.41) is 17.1. The van der Waals surface area contributed by atoms with E-state index in [1.165, 1.54) is 0 Å². The Balaban J connectivity index is 2.57. The minimum Gasteiger partial charge on any atom is -0.463 e. The van der Waals surface area contributed by atoms with Gasteiger partial charge in [0.25, 0.3) is 0 Å². The van der Waals surface area contributed by atoms with Gasteiger partial charge in [-0.05, 0) is 44.1 Å². The highest BCUT2D eigenvalue weighted by Crippen LogP contribution is 2.12. The van der Waals surface area contributed by atoms with Gasteiger partial charge in [0.15, 0.2) is 0 Å². The van der Waals surface area contributed by atoms with E-state index in [-0.39, 0.29) is 70.2 Å². The van der Waals surface area contributed by atoms with E-state index in [2.05, 4.69) is 29.1 Å². The summed E-state index contributed by atoms with van der Waals surface area (Å²) in [6.45, 7) is 8.52. The maximum Gasteiger partial charge on any atom is 0.407 e. The normalized spacial score (nSPS) is 11.9. The highest BCUT2D eigenvalue weighted by Gasteiger charge is 2.24. The molecule has 1 aromatic rings. The SMILES string of the molecule is C=CCCCC(=O)OC[C@H](CCCCNC(=O)OCc1ccccc1)NC(=O)[C@H](CC=C)CC(=O)NCCOCCO. The van der Waals surface area contributed by atoms with Crippen LogP contribution in [-0.4, -0.2) is 74.5 Å². The quantitative estimate of drug-likeness (QED) is 0.0815. The molecule has 0 radical (unpaired) electrons. The predicted octanol–water partition coefficient (Wildman–Crippen LogP) is 3.17. The highest BCUT2D eigenvalue weighted by molar-refractivity contribution is 5.86. The van der Waals surface area contributed by atoms with Crippen LogP contribution in [0.25, 0.3) is 0 Å². The van der Waals surface area contributed by atoms with Gasteiger partial charge in [-0.25, -0.2) is 4.79 Å². The van der Waals surface area contributed by atoms with Crippen molar-refractivity contribution in [3.63, 3.8) is 0 Å². The van der Waals surface area contributed by atoms with Gasteiger partial charge in [0, 0.05) is 25.9 Å². The Hall–Kier alpha value is -3.70. The number of carbonyl (C=O) groups is 4. The lowest BCUT2D eigenvalue weighted by Gasteiger charge is -2.22. The number of esters is 1. The summed E-state index contributed by atoms with van der Waals surface area (Å²) >= 11 is 0. The summed E-state index contributed by atoms with van der Waals surface area (Å²) in [7, 11) is 0. The number of hydrogen-bond acceptors (Lipinski definition) is 8. The second-order valence-electron chi connectivity index (χ2n) is 9.67. The number of aliphatic hydroxyl groups is 1. The van der Waals surface area contributed by atoms with Gasteiger partial charge < -0.3 is 35.3 Å². The Morgan fingerprint density at radius 1 is 0.929 bits per heavy atom. The number of nitrogens with one attached hydrogen (secondary N) is 3. The summed E-state index contributed by atoms with van der Waals surface area (Å²) in [6, 6.07) is 8.91. The van der Waals surface area contributed by atoms with Crippen molar-refractivity contribution in [3.05, 3.63) is 61.2 Å². The molecule has 2 atom stereocenters. The van der Waals surface area contributed by atoms with E-state index >= 15 is 0 Å². The molecule has 42 heavy (non-hydrogen) atoms. The van der Waals surface area contributed by atoms with Crippen molar-refractivity contribution in [2.75, 3.05) is 39.5 Å². The van der Waals surface area contributed by atoms with Gasteiger partial charge >= 0.3 is 12.1 Å². The van der Waals surface area contributed by atoms with Crippen LogP contribution < -0.4 is 16.0 Å². The molecule has 11 heteroatoms. The third-order valence-electron chi connectivity index (χ3n) is 6.10. The van der Waals surface area contributed by atoms with Gasteiger partial charge in [0.1, 0.15) is 13.2 Å². The number of benzene rings is 1. The Morgan fingerprint density at radius 2 is 1.71 bits per heavy atom. The fraction of sp³-hybridized carbons (Fsp3) is 0.548. The third kappa shape index (κ3) is 18.6. The predicted molar refractivity (Wildman–Crippen MR) is 159 cm³/mol. The molecule has 11 nitrogen and oxygen atoms in total. The second kappa shape index (κ2) is 24.0. The van der Waals surface area contributed by atoms with Crippen LogP contribution in [0.2, 0.25) is 0 Å². The number of unbranched alkanes of at least 4 members (excludes halogenated alkanes) is 2. The summed E-state index contributed by atoms with van der Waals surface area (Å²) in [4.78, 5) is 49.6. The standard InChI is InChI=1S/C31H47N3O8/c1-3-5-7-16-29(37)41-24-27(15-10-11-17-33-31(39)42-23-25-13-8-6-9-14-25)34-30(38)26(12-4-2)22-28(36)32-18-20-40-21-19-35/h3-4,6,8-9,13-14,26-27,35H,1-2,5,7,10-12,15-24H2,(H,32,36)(H,33,39)(H,34,38)/t26-,27+/m1/s1. The van der Waals surface area contributed by atoms with Crippen LogP contribution in [0.4, 0.5) is 4.79 Å². The van der Waals surface area contributed by atoms with Crippen molar-refractivity contribution in [2.45, 2.75) is 64.0 Å². The van der Waals surface area contributed by atoms with Gasteiger partial charge in [-0.3, -0.25) is 14.4 Å². The van der Waals surface area contributed by atoms with E-state index in [1.807, 2.05) is 30.3 Å². The Bertz CT molecular complexity index is 941. The first-order valence-corrected chi connectivity index (χ1v) is 14.5. The largest absolute Gasteiger partial charge is 0.463 e. The molecule has 0 aliphatic heterocycles. The number of amides is 3.